The lowest BCUT2D eigenvalue weighted by Gasteiger charge is -2.26. The predicted molar refractivity (Wildman–Crippen MR) is 175 cm³/mol. The van der Waals surface area contributed by atoms with Crippen LogP contribution in [0.25, 0.3) is 6.08 Å². The monoisotopic (exact) mass is 658 g/mol. The van der Waals surface area contributed by atoms with Crippen molar-refractivity contribution in [1.29, 1.82) is 0 Å². The van der Waals surface area contributed by atoms with Crippen LogP contribution in [0.1, 0.15) is 74.8 Å². The summed E-state index contributed by atoms with van der Waals surface area (Å²) in [6.45, 7) is 8.82. The van der Waals surface area contributed by atoms with Crippen molar-refractivity contribution in [2.24, 2.45) is 4.99 Å². The predicted octanol–water partition coefficient (Wildman–Crippen LogP) is 7.04. The Hall–Kier alpha value is -3.75. The van der Waals surface area contributed by atoms with Crippen LogP contribution in [0.15, 0.2) is 98.3 Å². The largest absolute Gasteiger partial charge is 0.488 e. The highest BCUT2D eigenvalue weighted by Gasteiger charge is 2.34. The molecule has 0 saturated carbocycles. The van der Waals surface area contributed by atoms with Crippen LogP contribution >= 0.6 is 27.3 Å². The Morgan fingerprint density at radius 3 is 2.47 bits per heavy atom. The van der Waals surface area contributed by atoms with Gasteiger partial charge in [-0.25, -0.2) is 9.79 Å². The Labute approximate surface area is 264 Å². The molecule has 222 valence electrons. The number of nitrogens with zero attached hydrogens (tertiary/aromatic N) is 2. The number of carbonyl (C=O) groups excluding carboxylic acids is 1. The molecule has 0 bridgehead atoms. The normalized spacial score (nSPS) is 14.9. The molecular formula is C35H35BrN2O4S. The van der Waals surface area contributed by atoms with Gasteiger partial charge in [-0.1, -0.05) is 99.2 Å². The Balaban J connectivity index is 1.58. The highest BCUT2D eigenvalue weighted by atomic mass is 79.9. The van der Waals surface area contributed by atoms with E-state index in [9.17, 15) is 9.59 Å². The minimum Gasteiger partial charge on any atom is -0.488 e. The molecular weight excluding hydrogens is 624 g/mol. The molecule has 0 unspecified atom stereocenters. The first kappa shape index (κ1) is 30.7. The highest BCUT2D eigenvalue weighted by Crippen LogP contribution is 2.33. The van der Waals surface area contributed by atoms with E-state index < -0.39 is 12.0 Å². The number of aromatic nitrogens is 1. The molecule has 1 aromatic heterocycles. The van der Waals surface area contributed by atoms with E-state index in [1.807, 2.05) is 66.7 Å². The van der Waals surface area contributed by atoms with E-state index in [1.165, 1.54) is 16.9 Å². The third kappa shape index (κ3) is 6.76. The second-order valence-corrected chi connectivity index (χ2v) is 12.6. The Kier molecular flexibility index (Phi) is 9.78. The lowest BCUT2D eigenvalue weighted by molar-refractivity contribution is -0.139. The fraction of sp³-hybridized carbons (Fsp3) is 0.286. The summed E-state index contributed by atoms with van der Waals surface area (Å²) in [5, 5.41) is 0. The summed E-state index contributed by atoms with van der Waals surface area (Å²) in [6.07, 6.45) is 3.28. The molecule has 1 aliphatic heterocycles. The Morgan fingerprint density at radius 1 is 1.07 bits per heavy atom. The topological polar surface area (TPSA) is 69.9 Å². The Morgan fingerprint density at radius 2 is 1.81 bits per heavy atom. The number of allylic oxidation sites excluding steroid dienone is 1. The van der Waals surface area contributed by atoms with E-state index in [0.29, 0.717) is 39.5 Å². The van der Waals surface area contributed by atoms with Gasteiger partial charge in [0.05, 0.1) is 32.9 Å². The molecule has 2 heterocycles. The molecule has 1 aliphatic rings. The number of benzene rings is 3. The first-order chi connectivity index (χ1) is 20.8. The standard InChI is InChI=1S/C35H35BrN2O4S/c1-5-10-28-31(34(40)41-6-2)32(26-16-14-25(15-17-26)22(3)4)38-33(39)30(43-35(38)37-28)20-24-13-18-29(27(36)19-24)42-21-23-11-8-7-9-12-23/h7-9,11-20,22,32H,5-6,10,21H2,1-4H3/b30-20-/t32-/m1/s1. The van der Waals surface area contributed by atoms with Gasteiger partial charge in [-0.3, -0.25) is 9.36 Å². The van der Waals surface area contributed by atoms with Crippen LogP contribution in [0.3, 0.4) is 0 Å². The summed E-state index contributed by atoms with van der Waals surface area (Å²) in [6, 6.07) is 23.3. The van der Waals surface area contributed by atoms with Gasteiger partial charge < -0.3 is 9.47 Å². The second-order valence-electron chi connectivity index (χ2n) is 10.7. The van der Waals surface area contributed by atoms with Crippen molar-refractivity contribution in [3.05, 3.63) is 130 Å². The summed E-state index contributed by atoms with van der Waals surface area (Å²) < 4.78 is 14.5. The van der Waals surface area contributed by atoms with Crippen molar-refractivity contribution in [1.82, 2.24) is 4.57 Å². The molecule has 0 N–H and O–H groups in total. The van der Waals surface area contributed by atoms with Crippen molar-refractivity contribution in [3.63, 3.8) is 0 Å². The summed E-state index contributed by atoms with van der Waals surface area (Å²) in [4.78, 5) is 32.9. The van der Waals surface area contributed by atoms with E-state index in [-0.39, 0.29) is 12.2 Å². The van der Waals surface area contributed by atoms with Gasteiger partial charge in [0.1, 0.15) is 12.4 Å². The van der Waals surface area contributed by atoms with E-state index >= 15 is 0 Å². The van der Waals surface area contributed by atoms with Gasteiger partial charge in [-0.15, -0.1) is 0 Å². The van der Waals surface area contributed by atoms with Gasteiger partial charge in [0.2, 0.25) is 0 Å². The van der Waals surface area contributed by atoms with Gasteiger partial charge in [0.15, 0.2) is 4.80 Å². The zero-order valence-electron chi connectivity index (χ0n) is 24.8. The molecule has 1 atom stereocenters. The van der Waals surface area contributed by atoms with E-state index in [4.69, 9.17) is 14.5 Å². The number of halogens is 1. The van der Waals surface area contributed by atoms with Crippen LogP contribution < -0.4 is 19.6 Å². The van der Waals surface area contributed by atoms with Gasteiger partial charge >= 0.3 is 5.97 Å². The third-order valence-electron chi connectivity index (χ3n) is 7.30. The van der Waals surface area contributed by atoms with Crippen LogP contribution in [-0.2, 0) is 16.1 Å². The first-order valence-corrected chi connectivity index (χ1v) is 16.2. The molecule has 0 aliphatic carbocycles. The fourth-order valence-electron chi connectivity index (χ4n) is 5.11. The van der Waals surface area contributed by atoms with Crippen LogP contribution in [0.2, 0.25) is 0 Å². The smallest absolute Gasteiger partial charge is 0.338 e. The van der Waals surface area contributed by atoms with Crippen LogP contribution in [0.4, 0.5) is 0 Å². The summed E-state index contributed by atoms with van der Waals surface area (Å²) in [7, 11) is 0. The zero-order chi connectivity index (χ0) is 30.5. The number of ether oxygens (including phenoxy) is 2. The first-order valence-electron chi connectivity index (χ1n) is 14.6. The number of rotatable bonds is 10. The SMILES string of the molecule is CCCC1=C(C(=O)OCC)[C@@H](c2ccc(C(C)C)cc2)n2c(s/c(=C\c3ccc(OCc4ccccc4)c(Br)c3)c2=O)=N1. The number of thiazole rings is 1. The molecule has 5 rings (SSSR count). The second kappa shape index (κ2) is 13.7. The molecule has 0 fully saturated rings. The fourth-order valence-corrected chi connectivity index (χ4v) is 6.64. The van der Waals surface area contributed by atoms with Gasteiger partial charge in [0, 0.05) is 0 Å². The highest BCUT2D eigenvalue weighted by molar-refractivity contribution is 9.10. The van der Waals surface area contributed by atoms with Crippen LogP contribution in [0.5, 0.6) is 5.75 Å². The molecule has 0 amide bonds. The van der Waals surface area contributed by atoms with Gasteiger partial charge in [-0.2, -0.15) is 0 Å². The molecule has 4 aromatic rings. The molecule has 43 heavy (non-hydrogen) atoms. The maximum Gasteiger partial charge on any atom is 0.338 e. The number of carbonyl (C=O) groups is 1. The zero-order valence-corrected chi connectivity index (χ0v) is 27.2. The molecule has 3 aromatic carbocycles. The summed E-state index contributed by atoms with van der Waals surface area (Å²) in [5.41, 5.74) is 4.88. The minimum atomic E-state index is -0.624. The molecule has 0 radical (unpaired) electrons. The van der Waals surface area contributed by atoms with Crippen molar-refractivity contribution in [2.75, 3.05) is 6.61 Å². The minimum absolute atomic E-state index is 0.195. The maximum absolute atomic E-state index is 14.0. The van der Waals surface area contributed by atoms with E-state index in [0.717, 1.165) is 33.3 Å². The van der Waals surface area contributed by atoms with Crippen molar-refractivity contribution >= 4 is 39.3 Å². The summed E-state index contributed by atoms with van der Waals surface area (Å²) in [5.74, 6) is 0.647. The molecule has 0 saturated heterocycles. The van der Waals surface area contributed by atoms with Crippen molar-refractivity contribution in [3.8, 4) is 5.75 Å². The maximum atomic E-state index is 14.0. The van der Waals surface area contributed by atoms with Crippen molar-refractivity contribution in [2.45, 2.75) is 59.1 Å². The third-order valence-corrected chi connectivity index (χ3v) is 8.90. The van der Waals surface area contributed by atoms with E-state index in [2.05, 4.69) is 48.8 Å². The Bertz CT molecular complexity index is 1820. The van der Waals surface area contributed by atoms with Crippen LogP contribution in [0, 0.1) is 0 Å². The lowest BCUT2D eigenvalue weighted by Crippen LogP contribution is -2.40. The average molecular weight is 660 g/mol. The van der Waals surface area contributed by atoms with Crippen LogP contribution in [-0.4, -0.2) is 17.1 Å². The number of hydrogen-bond donors (Lipinski definition) is 0. The number of esters is 1. The van der Waals surface area contributed by atoms with E-state index in [1.54, 1.807) is 11.5 Å². The molecule has 8 heteroatoms. The molecule has 6 nitrogen and oxygen atoms in total. The number of fused-ring (bicyclic) bond motifs is 1. The average Bonchev–Trinajstić information content (AvgIpc) is 3.31. The van der Waals surface area contributed by atoms with Crippen molar-refractivity contribution < 1.29 is 14.3 Å². The van der Waals surface area contributed by atoms with Gasteiger partial charge in [0.25, 0.3) is 5.56 Å². The quantitative estimate of drug-likeness (QED) is 0.171. The molecule has 0 spiro atoms. The lowest BCUT2D eigenvalue weighted by atomic mass is 9.92. The van der Waals surface area contributed by atoms with Gasteiger partial charge in [-0.05, 0) is 75.7 Å². The summed E-state index contributed by atoms with van der Waals surface area (Å²) >= 11 is 4.96. The number of hydrogen-bond acceptors (Lipinski definition) is 6.